The molecule has 4 amide bonds. The van der Waals surface area contributed by atoms with E-state index in [1.165, 1.54) is 4.90 Å². The topological polar surface area (TPSA) is 96.0 Å². The van der Waals surface area contributed by atoms with E-state index in [9.17, 15) is 19.2 Å². The standard InChI is InChI=1S/C23H35N3O5/c1-13(2)16(24-21(30)31-22(3,4)5)19(28)25-12-9-15-17(25)23(10-6-11-23)20(29)26(15)18(27)14-7-8-14/h13-17H,6-12H2,1-5H3,(H,24,30)/t15-,16+,17-/m0/s1. The number of rotatable bonds is 4. The van der Waals surface area contributed by atoms with Crippen molar-refractivity contribution in [2.45, 2.75) is 96.9 Å². The lowest BCUT2D eigenvalue weighted by molar-refractivity contribution is -0.152. The Labute approximate surface area is 184 Å². The predicted octanol–water partition coefficient (Wildman–Crippen LogP) is 2.45. The van der Waals surface area contributed by atoms with E-state index in [2.05, 4.69) is 5.32 Å². The smallest absolute Gasteiger partial charge is 0.408 e. The summed E-state index contributed by atoms with van der Waals surface area (Å²) in [6.07, 6.45) is 4.07. The number of fused-ring (bicyclic) bond motifs is 2. The van der Waals surface area contributed by atoms with Crippen LogP contribution < -0.4 is 5.32 Å². The third kappa shape index (κ3) is 3.72. The normalized spacial score (nSPS) is 27.9. The lowest BCUT2D eigenvalue weighted by Gasteiger charge is -2.44. The van der Waals surface area contributed by atoms with Crippen molar-refractivity contribution in [3.05, 3.63) is 0 Å². The van der Waals surface area contributed by atoms with E-state index in [-0.39, 0.29) is 41.6 Å². The monoisotopic (exact) mass is 433 g/mol. The van der Waals surface area contributed by atoms with Crippen LogP contribution in [0.25, 0.3) is 0 Å². The summed E-state index contributed by atoms with van der Waals surface area (Å²) in [5.74, 6) is -0.484. The molecule has 3 atom stereocenters. The van der Waals surface area contributed by atoms with Gasteiger partial charge in [-0.15, -0.1) is 0 Å². The van der Waals surface area contributed by atoms with Crippen LogP contribution in [0.2, 0.25) is 0 Å². The highest BCUT2D eigenvalue weighted by Gasteiger charge is 2.68. The molecule has 0 aromatic carbocycles. The molecule has 4 aliphatic rings. The molecule has 2 heterocycles. The molecule has 172 valence electrons. The quantitative estimate of drug-likeness (QED) is 0.687. The first-order valence-electron chi connectivity index (χ1n) is 11.6. The number of carbonyl (C=O) groups is 4. The van der Waals surface area contributed by atoms with Gasteiger partial charge in [-0.05, 0) is 58.8 Å². The number of carbonyl (C=O) groups excluding carboxylic acids is 4. The summed E-state index contributed by atoms with van der Waals surface area (Å²) in [7, 11) is 0. The van der Waals surface area contributed by atoms with E-state index in [0.29, 0.717) is 13.0 Å². The zero-order chi connectivity index (χ0) is 22.7. The highest BCUT2D eigenvalue weighted by Crippen LogP contribution is 2.56. The fourth-order valence-electron chi connectivity index (χ4n) is 5.46. The van der Waals surface area contributed by atoms with Gasteiger partial charge in [-0.2, -0.15) is 0 Å². The van der Waals surface area contributed by atoms with Crippen molar-refractivity contribution >= 4 is 23.8 Å². The highest BCUT2D eigenvalue weighted by molar-refractivity contribution is 6.04. The molecule has 0 radical (unpaired) electrons. The zero-order valence-electron chi connectivity index (χ0n) is 19.3. The van der Waals surface area contributed by atoms with Gasteiger partial charge in [0.15, 0.2) is 0 Å². The number of hydrogen-bond acceptors (Lipinski definition) is 5. The number of imide groups is 1. The number of nitrogens with one attached hydrogen (secondary N) is 1. The first kappa shape index (κ1) is 22.1. The van der Waals surface area contributed by atoms with Crippen LogP contribution in [0, 0.1) is 17.3 Å². The molecule has 0 aromatic rings. The van der Waals surface area contributed by atoms with E-state index < -0.39 is 23.2 Å². The molecule has 4 fully saturated rings. The lowest BCUT2D eigenvalue weighted by Crippen LogP contribution is -2.58. The van der Waals surface area contributed by atoms with Crippen molar-refractivity contribution in [3.63, 3.8) is 0 Å². The molecule has 0 bridgehead atoms. The Kier molecular flexibility index (Phi) is 5.33. The molecular formula is C23H35N3O5. The minimum atomic E-state index is -0.742. The number of ether oxygens (including phenoxy) is 1. The second kappa shape index (κ2) is 7.48. The van der Waals surface area contributed by atoms with Crippen LogP contribution >= 0.6 is 0 Å². The number of likely N-dealkylation sites (tertiary alicyclic amines) is 2. The van der Waals surface area contributed by atoms with Crippen molar-refractivity contribution in [1.82, 2.24) is 15.1 Å². The van der Waals surface area contributed by atoms with E-state index in [1.54, 1.807) is 25.7 Å². The minimum Gasteiger partial charge on any atom is -0.444 e. The summed E-state index contributed by atoms with van der Waals surface area (Å²) < 4.78 is 5.36. The van der Waals surface area contributed by atoms with E-state index in [4.69, 9.17) is 4.74 Å². The summed E-state index contributed by atoms with van der Waals surface area (Å²) >= 11 is 0. The van der Waals surface area contributed by atoms with Crippen molar-refractivity contribution in [2.75, 3.05) is 6.54 Å². The second-order valence-electron chi connectivity index (χ2n) is 11.0. The fourth-order valence-corrected chi connectivity index (χ4v) is 5.46. The molecule has 2 saturated carbocycles. The lowest BCUT2D eigenvalue weighted by atomic mass is 9.64. The molecule has 2 saturated heterocycles. The number of amides is 4. The predicted molar refractivity (Wildman–Crippen MR) is 113 cm³/mol. The van der Waals surface area contributed by atoms with Gasteiger partial charge in [-0.3, -0.25) is 19.3 Å². The Balaban J connectivity index is 1.56. The molecule has 0 aromatic heterocycles. The summed E-state index contributed by atoms with van der Waals surface area (Å²) in [4.78, 5) is 55.6. The number of alkyl carbamates (subject to hydrolysis) is 1. The largest absolute Gasteiger partial charge is 0.444 e. The van der Waals surface area contributed by atoms with Crippen LogP contribution in [0.1, 0.15) is 73.1 Å². The van der Waals surface area contributed by atoms with Gasteiger partial charge in [-0.25, -0.2) is 4.79 Å². The van der Waals surface area contributed by atoms with E-state index >= 15 is 0 Å². The Morgan fingerprint density at radius 3 is 2.26 bits per heavy atom. The number of hydrogen-bond donors (Lipinski definition) is 1. The van der Waals surface area contributed by atoms with Gasteiger partial charge in [0.2, 0.25) is 17.7 Å². The SMILES string of the molecule is CC(C)[C@@H](NC(=O)OC(C)(C)C)C(=O)N1CC[C@H]2[C@H]1C1(CCC1)C(=O)N2C(=O)C1CC1. The zero-order valence-corrected chi connectivity index (χ0v) is 19.3. The van der Waals surface area contributed by atoms with Crippen LogP contribution in [0.15, 0.2) is 0 Å². The third-order valence-electron chi connectivity index (χ3n) is 7.21. The molecule has 8 heteroatoms. The van der Waals surface area contributed by atoms with Crippen molar-refractivity contribution in [1.29, 1.82) is 0 Å². The molecule has 1 spiro atoms. The van der Waals surface area contributed by atoms with Crippen LogP contribution in [0.3, 0.4) is 0 Å². The summed E-state index contributed by atoms with van der Waals surface area (Å²) in [6.45, 7) is 9.60. The van der Waals surface area contributed by atoms with Crippen molar-refractivity contribution in [3.8, 4) is 0 Å². The summed E-state index contributed by atoms with van der Waals surface area (Å²) in [5, 5.41) is 2.75. The van der Waals surface area contributed by atoms with Gasteiger partial charge in [0, 0.05) is 12.5 Å². The Hall–Kier alpha value is -2.12. The maximum atomic E-state index is 13.6. The number of nitrogens with zero attached hydrogens (tertiary/aromatic N) is 2. The van der Waals surface area contributed by atoms with Crippen molar-refractivity contribution in [2.24, 2.45) is 17.3 Å². The maximum Gasteiger partial charge on any atom is 0.408 e. The van der Waals surface area contributed by atoms with Crippen LogP contribution in [-0.2, 0) is 19.1 Å². The second-order valence-corrected chi connectivity index (χ2v) is 11.0. The van der Waals surface area contributed by atoms with Gasteiger partial charge in [-0.1, -0.05) is 20.3 Å². The highest BCUT2D eigenvalue weighted by atomic mass is 16.6. The molecule has 31 heavy (non-hydrogen) atoms. The molecule has 1 N–H and O–H groups in total. The van der Waals surface area contributed by atoms with Crippen LogP contribution in [0.5, 0.6) is 0 Å². The van der Waals surface area contributed by atoms with Crippen LogP contribution in [-0.4, -0.2) is 63.9 Å². The average molecular weight is 434 g/mol. The minimum absolute atomic E-state index is 0.0261. The molecule has 8 nitrogen and oxygen atoms in total. The average Bonchev–Trinajstić information content (AvgIpc) is 3.32. The molecular weight excluding hydrogens is 398 g/mol. The van der Waals surface area contributed by atoms with Gasteiger partial charge >= 0.3 is 6.09 Å². The van der Waals surface area contributed by atoms with Crippen molar-refractivity contribution < 1.29 is 23.9 Å². The van der Waals surface area contributed by atoms with E-state index in [0.717, 1.165) is 32.1 Å². The fraction of sp³-hybridized carbons (Fsp3) is 0.826. The van der Waals surface area contributed by atoms with Gasteiger partial charge in [0.1, 0.15) is 11.6 Å². The molecule has 2 aliphatic heterocycles. The van der Waals surface area contributed by atoms with Gasteiger partial charge in [0.25, 0.3) is 0 Å². The molecule has 2 aliphatic carbocycles. The van der Waals surface area contributed by atoms with Crippen LogP contribution in [0.4, 0.5) is 4.79 Å². The Morgan fingerprint density at radius 2 is 1.77 bits per heavy atom. The van der Waals surface area contributed by atoms with E-state index in [1.807, 2.05) is 13.8 Å². The Bertz CT molecular complexity index is 794. The summed E-state index contributed by atoms with van der Waals surface area (Å²) in [6, 6.07) is -1.26. The molecule has 4 rings (SSSR count). The first-order chi connectivity index (χ1) is 14.5. The summed E-state index contributed by atoms with van der Waals surface area (Å²) in [5.41, 5.74) is -1.29. The van der Waals surface area contributed by atoms with Gasteiger partial charge < -0.3 is 15.0 Å². The maximum absolute atomic E-state index is 13.6. The molecule has 0 unspecified atom stereocenters. The Morgan fingerprint density at radius 1 is 1.13 bits per heavy atom. The first-order valence-corrected chi connectivity index (χ1v) is 11.6. The third-order valence-corrected chi connectivity index (χ3v) is 7.21. The van der Waals surface area contributed by atoms with Gasteiger partial charge in [0.05, 0.1) is 17.5 Å².